The van der Waals surface area contributed by atoms with Gasteiger partial charge in [0, 0.05) is 10.7 Å². The van der Waals surface area contributed by atoms with Crippen molar-refractivity contribution < 1.29 is 10.0 Å². The summed E-state index contributed by atoms with van der Waals surface area (Å²) in [6.45, 7) is 0. The van der Waals surface area contributed by atoms with Gasteiger partial charge >= 0.3 is 0 Å². The molecular formula is C12H15BrN4O2. The molecule has 2 rings (SSSR count). The predicted octanol–water partition coefficient (Wildman–Crippen LogP) is 1.63. The van der Waals surface area contributed by atoms with Crippen LogP contribution >= 0.6 is 15.9 Å². The zero-order valence-corrected chi connectivity index (χ0v) is 11.9. The summed E-state index contributed by atoms with van der Waals surface area (Å²) in [5, 5.41) is 14.8. The Hall–Kier alpha value is -1.63. The minimum absolute atomic E-state index is 0.0514. The van der Waals surface area contributed by atoms with Crippen molar-refractivity contribution >= 4 is 27.7 Å². The first-order valence-corrected chi connectivity index (χ1v) is 6.79. The molecule has 1 amide bonds. The number of hydrogen-bond donors (Lipinski definition) is 3. The zero-order valence-electron chi connectivity index (χ0n) is 10.3. The van der Waals surface area contributed by atoms with Crippen molar-refractivity contribution in [2.24, 2.45) is 10.9 Å². The summed E-state index contributed by atoms with van der Waals surface area (Å²) in [6.07, 6.45) is 4.77. The number of nitrogens with one attached hydrogen (secondary N) is 1. The summed E-state index contributed by atoms with van der Waals surface area (Å²) in [7, 11) is 0. The lowest BCUT2D eigenvalue weighted by Crippen LogP contribution is -2.55. The third-order valence-electron chi connectivity index (χ3n) is 3.37. The molecule has 1 fully saturated rings. The van der Waals surface area contributed by atoms with E-state index in [1.54, 1.807) is 18.3 Å². The minimum Gasteiger partial charge on any atom is -0.409 e. The summed E-state index contributed by atoms with van der Waals surface area (Å²) in [4.78, 5) is 16.2. The molecule has 0 aliphatic heterocycles. The second-order valence-electron chi connectivity index (χ2n) is 4.59. The molecule has 6 nitrogen and oxygen atoms in total. The lowest BCUT2D eigenvalue weighted by Gasteiger charge is -2.28. The van der Waals surface area contributed by atoms with Crippen LogP contribution in [0.25, 0.3) is 0 Å². The van der Waals surface area contributed by atoms with Crippen molar-refractivity contribution in [3.8, 4) is 0 Å². The molecule has 0 saturated heterocycles. The molecule has 0 aromatic carbocycles. The normalized spacial score (nSPS) is 18.3. The number of pyridine rings is 1. The molecule has 4 N–H and O–H groups in total. The molecule has 1 aliphatic rings. The van der Waals surface area contributed by atoms with E-state index in [4.69, 9.17) is 10.9 Å². The summed E-state index contributed by atoms with van der Waals surface area (Å²) in [5.74, 6) is -0.267. The zero-order chi connectivity index (χ0) is 13.9. The fraction of sp³-hybridized carbons (Fsp3) is 0.417. The number of nitrogens with zero attached hydrogens (tertiary/aromatic N) is 2. The molecule has 1 heterocycles. The average molecular weight is 327 g/mol. The SMILES string of the molecule is NC(=NO)C1(NC(=O)c2ccc(Br)cn2)CCCC1. The van der Waals surface area contributed by atoms with Gasteiger partial charge < -0.3 is 16.3 Å². The molecule has 7 heteroatoms. The molecule has 102 valence electrons. The molecular weight excluding hydrogens is 312 g/mol. The maximum atomic E-state index is 12.2. The highest BCUT2D eigenvalue weighted by Gasteiger charge is 2.40. The van der Waals surface area contributed by atoms with Crippen molar-refractivity contribution in [2.75, 3.05) is 0 Å². The van der Waals surface area contributed by atoms with Crippen LogP contribution in [-0.2, 0) is 0 Å². The van der Waals surface area contributed by atoms with Crippen LogP contribution in [0.2, 0.25) is 0 Å². The summed E-state index contributed by atoms with van der Waals surface area (Å²) >= 11 is 3.26. The van der Waals surface area contributed by atoms with Gasteiger partial charge in [-0.2, -0.15) is 0 Å². The van der Waals surface area contributed by atoms with E-state index < -0.39 is 5.54 Å². The average Bonchev–Trinajstić information content (AvgIpc) is 2.88. The van der Waals surface area contributed by atoms with Gasteiger partial charge in [0.2, 0.25) is 0 Å². The number of carbonyl (C=O) groups is 1. The minimum atomic E-state index is -0.749. The van der Waals surface area contributed by atoms with Crippen molar-refractivity contribution in [1.29, 1.82) is 0 Å². The van der Waals surface area contributed by atoms with Crippen molar-refractivity contribution in [3.05, 3.63) is 28.5 Å². The Balaban J connectivity index is 2.18. The second kappa shape index (κ2) is 5.56. The maximum Gasteiger partial charge on any atom is 0.270 e. The quantitative estimate of drug-likeness (QED) is 0.340. The third kappa shape index (κ3) is 2.86. The highest BCUT2D eigenvalue weighted by atomic mass is 79.9. The van der Waals surface area contributed by atoms with Gasteiger partial charge in [0.1, 0.15) is 11.2 Å². The van der Waals surface area contributed by atoms with E-state index in [2.05, 4.69) is 31.4 Å². The smallest absolute Gasteiger partial charge is 0.270 e. The third-order valence-corrected chi connectivity index (χ3v) is 3.84. The molecule has 0 bridgehead atoms. The summed E-state index contributed by atoms with van der Waals surface area (Å²) in [6, 6.07) is 3.36. The fourth-order valence-corrected chi connectivity index (χ4v) is 2.55. The first-order chi connectivity index (χ1) is 9.07. The highest BCUT2D eigenvalue weighted by Crippen LogP contribution is 2.30. The monoisotopic (exact) mass is 326 g/mol. The van der Waals surface area contributed by atoms with Crippen LogP contribution < -0.4 is 11.1 Å². The van der Waals surface area contributed by atoms with Crippen LogP contribution in [-0.4, -0.2) is 27.5 Å². The number of amides is 1. The Morgan fingerprint density at radius 1 is 1.47 bits per heavy atom. The van der Waals surface area contributed by atoms with Gasteiger partial charge in [-0.25, -0.2) is 4.98 Å². The summed E-state index contributed by atoms with van der Waals surface area (Å²) in [5.41, 5.74) is 5.28. The Morgan fingerprint density at radius 2 is 2.16 bits per heavy atom. The number of rotatable bonds is 3. The number of amidine groups is 1. The topological polar surface area (TPSA) is 101 Å². The van der Waals surface area contributed by atoms with E-state index in [1.807, 2.05) is 0 Å². The van der Waals surface area contributed by atoms with Crippen molar-refractivity contribution in [1.82, 2.24) is 10.3 Å². The maximum absolute atomic E-state index is 12.2. The largest absolute Gasteiger partial charge is 0.409 e. The Kier molecular flexibility index (Phi) is 4.04. The number of hydrogen-bond acceptors (Lipinski definition) is 4. The van der Waals surface area contributed by atoms with Gasteiger partial charge in [-0.05, 0) is 40.9 Å². The lowest BCUT2D eigenvalue weighted by molar-refractivity contribution is 0.0917. The van der Waals surface area contributed by atoms with E-state index in [1.165, 1.54) is 0 Å². The van der Waals surface area contributed by atoms with E-state index >= 15 is 0 Å². The molecule has 0 unspecified atom stereocenters. The second-order valence-corrected chi connectivity index (χ2v) is 5.51. The number of nitrogens with two attached hydrogens (primary N) is 1. The number of aromatic nitrogens is 1. The van der Waals surface area contributed by atoms with E-state index in [-0.39, 0.29) is 11.7 Å². The Bertz CT molecular complexity index is 495. The Labute approximate surface area is 119 Å². The lowest BCUT2D eigenvalue weighted by atomic mass is 9.96. The van der Waals surface area contributed by atoms with E-state index in [9.17, 15) is 4.79 Å². The molecule has 0 atom stereocenters. The van der Waals surface area contributed by atoms with Crippen LogP contribution in [0.5, 0.6) is 0 Å². The van der Waals surface area contributed by atoms with Gasteiger partial charge in [-0.1, -0.05) is 18.0 Å². The van der Waals surface area contributed by atoms with E-state index in [0.29, 0.717) is 18.5 Å². The molecule has 0 spiro atoms. The van der Waals surface area contributed by atoms with Crippen LogP contribution in [0.3, 0.4) is 0 Å². The van der Waals surface area contributed by atoms with Gasteiger partial charge in [0.05, 0.1) is 0 Å². The van der Waals surface area contributed by atoms with Crippen LogP contribution in [0.15, 0.2) is 28.0 Å². The number of carbonyl (C=O) groups excluding carboxylic acids is 1. The Morgan fingerprint density at radius 3 is 2.68 bits per heavy atom. The first kappa shape index (κ1) is 13.8. The van der Waals surface area contributed by atoms with Crippen LogP contribution in [0.1, 0.15) is 36.2 Å². The summed E-state index contributed by atoms with van der Waals surface area (Å²) < 4.78 is 0.802. The number of halogens is 1. The van der Waals surface area contributed by atoms with Gasteiger partial charge in [0.15, 0.2) is 5.84 Å². The van der Waals surface area contributed by atoms with Crippen LogP contribution in [0, 0.1) is 0 Å². The fourth-order valence-electron chi connectivity index (χ4n) is 2.31. The molecule has 0 radical (unpaired) electrons. The van der Waals surface area contributed by atoms with Crippen LogP contribution in [0.4, 0.5) is 0 Å². The van der Waals surface area contributed by atoms with E-state index in [0.717, 1.165) is 17.3 Å². The molecule has 1 aliphatic carbocycles. The standard InChI is InChI=1S/C12H15BrN4O2/c13-8-3-4-9(15-7-8)10(18)16-12(11(14)17-19)5-1-2-6-12/h3-4,7,19H,1-2,5-6H2,(H2,14,17)(H,16,18). The van der Waals surface area contributed by atoms with Crippen molar-refractivity contribution in [3.63, 3.8) is 0 Å². The van der Waals surface area contributed by atoms with Gasteiger partial charge in [0.25, 0.3) is 5.91 Å². The molecule has 1 aromatic rings. The van der Waals surface area contributed by atoms with Gasteiger partial charge in [-0.15, -0.1) is 0 Å². The predicted molar refractivity (Wildman–Crippen MR) is 74.0 cm³/mol. The van der Waals surface area contributed by atoms with Crippen molar-refractivity contribution in [2.45, 2.75) is 31.2 Å². The first-order valence-electron chi connectivity index (χ1n) is 5.99. The molecule has 1 aromatic heterocycles. The molecule has 1 saturated carbocycles. The number of oxime groups is 1. The van der Waals surface area contributed by atoms with Gasteiger partial charge in [-0.3, -0.25) is 4.79 Å². The highest BCUT2D eigenvalue weighted by molar-refractivity contribution is 9.10. The molecule has 19 heavy (non-hydrogen) atoms.